The number of carbonyl (C=O) groups excluding carboxylic acids is 1. The fourth-order valence-corrected chi connectivity index (χ4v) is 5.42. The van der Waals surface area contributed by atoms with Crippen molar-refractivity contribution in [3.05, 3.63) is 96.1 Å². The second-order valence-electron chi connectivity index (χ2n) is 6.22. The highest BCUT2D eigenvalue weighted by atomic mass is 31.2. The molecule has 0 aliphatic heterocycles. The molecule has 0 spiro atoms. The van der Waals surface area contributed by atoms with E-state index < -0.39 is 19.3 Å². The molecule has 0 aliphatic rings. The van der Waals surface area contributed by atoms with E-state index in [9.17, 15) is 9.36 Å². The van der Waals surface area contributed by atoms with Crippen molar-refractivity contribution < 1.29 is 14.1 Å². The molecule has 27 heavy (non-hydrogen) atoms. The number of aryl methyl sites for hydroxylation is 1. The fraction of sp³-hybridized carbons (Fsp3) is 0.136. The molecule has 1 atom stereocenters. The van der Waals surface area contributed by atoms with E-state index in [-0.39, 0.29) is 0 Å². The van der Waals surface area contributed by atoms with Crippen molar-refractivity contribution in [2.75, 3.05) is 7.11 Å². The smallest absolute Gasteiger partial charge is 0.327 e. The second-order valence-corrected chi connectivity index (χ2v) is 8.73. The van der Waals surface area contributed by atoms with Gasteiger partial charge in [0.1, 0.15) is 6.04 Å². The summed E-state index contributed by atoms with van der Waals surface area (Å²) in [7, 11) is -1.94. The molecule has 0 aliphatic carbocycles. The molecule has 0 unspecified atom stereocenters. The van der Waals surface area contributed by atoms with E-state index in [4.69, 9.17) is 4.74 Å². The molecular weight excluding hydrogens is 357 g/mol. The number of rotatable bonds is 6. The Labute approximate surface area is 159 Å². The molecule has 0 heterocycles. The van der Waals surface area contributed by atoms with E-state index in [0.29, 0.717) is 10.6 Å². The van der Waals surface area contributed by atoms with Crippen molar-refractivity contribution in [1.82, 2.24) is 5.09 Å². The standard InChI is InChI=1S/C22H22NO3P/c1-17-11-9-10-16-20(17)21(22(24)26-2)23-27(25,18-12-5-3-6-13-18)19-14-7-4-8-15-19/h3-16,21H,1-2H3,(H,23,25)/t21-/m0/s1. The maximum atomic E-state index is 14.2. The Morgan fingerprint density at radius 2 is 1.33 bits per heavy atom. The van der Waals surface area contributed by atoms with Crippen LogP contribution in [0.25, 0.3) is 0 Å². The summed E-state index contributed by atoms with van der Waals surface area (Å²) in [6.07, 6.45) is 0. The monoisotopic (exact) mass is 379 g/mol. The van der Waals surface area contributed by atoms with Crippen LogP contribution in [-0.2, 0) is 14.1 Å². The second kappa shape index (κ2) is 8.34. The number of carbonyl (C=O) groups is 1. The largest absolute Gasteiger partial charge is 0.468 e. The lowest BCUT2D eigenvalue weighted by atomic mass is 10.0. The molecule has 3 rings (SSSR count). The number of nitrogens with one attached hydrogen (secondary N) is 1. The third-order valence-electron chi connectivity index (χ3n) is 4.49. The lowest BCUT2D eigenvalue weighted by Crippen LogP contribution is -2.35. The normalized spacial score (nSPS) is 12.4. The van der Waals surface area contributed by atoms with Crippen LogP contribution >= 0.6 is 7.29 Å². The van der Waals surface area contributed by atoms with Crippen molar-refractivity contribution >= 4 is 23.9 Å². The fourth-order valence-electron chi connectivity index (χ4n) is 3.03. The highest BCUT2D eigenvalue weighted by molar-refractivity contribution is 7.77. The molecule has 1 N–H and O–H groups in total. The predicted molar refractivity (Wildman–Crippen MR) is 109 cm³/mol. The molecular formula is C22H22NO3P. The summed E-state index contributed by atoms with van der Waals surface area (Å²) in [4.78, 5) is 12.6. The maximum absolute atomic E-state index is 14.2. The van der Waals surface area contributed by atoms with Gasteiger partial charge in [-0.1, -0.05) is 60.7 Å². The van der Waals surface area contributed by atoms with Gasteiger partial charge in [-0.3, -0.25) is 4.57 Å². The Hall–Kier alpha value is -2.68. The van der Waals surface area contributed by atoms with Crippen LogP contribution in [-0.4, -0.2) is 13.1 Å². The Bertz CT molecular complexity index is 914. The summed E-state index contributed by atoms with van der Waals surface area (Å²) in [5, 5.41) is 4.43. The summed E-state index contributed by atoms with van der Waals surface area (Å²) >= 11 is 0. The van der Waals surface area contributed by atoms with Crippen LogP contribution in [0.2, 0.25) is 0 Å². The number of ether oxygens (including phenoxy) is 1. The zero-order valence-electron chi connectivity index (χ0n) is 15.3. The number of hydrogen-bond acceptors (Lipinski definition) is 3. The van der Waals surface area contributed by atoms with Gasteiger partial charge in [0.25, 0.3) is 0 Å². The van der Waals surface area contributed by atoms with Gasteiger partial charge in [-0.25, -0.2) is 9.88 Å². The van der Waals surface area contributed by atoms with E-state index in [1.165, 1.54) is 7.11 Å². The third-order valence-corrected chi connectivity index (χ3v) is 7.16. The summed E-state index contributed by atoms with van der Waals surface area (Å²) in [6.45, 7) is 1.92. The molecule has 0 amide bonds. The van der Waals surface area contributed by atoms with Gasteiger partial charge in [0.15, 0.2) is 0 Å². The highest BCUT2D eigenvalue weighted by Gasteiger charge is 2.34. The predicted octanol–water partition coefficient (Wildman–Crippen LogP) is 3.73. The van der Waals surface area contributed by atoms with Gasteiger partial charge in [-0.15, -0.1) is 0 Å². The van der Waals surface area contributed by atoms with Gasteiger partial charge in [-0.05, 0) is 42.3 Å². The molecule has 4 nitrogen and oxygen atoms in total. The van der Waals surface area contributed by atoms with Crippen molar-refractivity contribution in [2.24, 2.45) is 0 Å². The summed E-state index contributed by atoms with van der Waals surface area (Å²) in [5.41, 5.74) is 1.67. The van der Waals surface area contributed by atoms with E-state index in [1.807, 2.05) is 91.9 Å². The van der Waals surface area contributed by atoms with Crippen LogP contribution in [0.4, 0.5) is 0 Å². The maximum Gasteiger partial charge on any atom is 0.327 e. The minimum absolute atomic E-state index is 0.476. The Morgan fingerprint density at radius 1 is 0.852 bits per heavy atom. The van der Waals surface area contributed by atoms with Crippen LogP contribution in [0.3, 0.4) is 0 Å². The molecule has 5 heteroatoms. The van der Waals surface area contributed by atoms with Crippen molar-refractivity contribution in [1.29, 1.82) is 0 Å². The summed E-state index contributed by atoms with van der Waals surface area (Å²) in [6, 6.07) is 25.0. The van der Waals surface area contributed by atoms with Crippen LogP contribution < -0.4 is 15.7 Å². The molecule has 0 saturated carbocycles. The molecule has 0 aromatic heterocycles. The van der Waals surface area contributed by atoms with E-state index in [1.54, 1.807) is 0 Å². The topological polar surface area (TPSA) is 55.4 Å². The number of methoxy groups -OCH3 is 1. The first-order valence-corrected chi connectivity index (χ1v) is 10.4. The Kier molecular flexibility index (Phi) is 5.90. The van der Waals surface area contributed by atoms with Gasteiger partial charge in [-0.2, -0.15) is 0 Å². The van der Waals surface area contributed by atoms with Crippen LogP contribution in [0, 0.1) is 6.92 Å². The lowest BCUT2D eigenvalue weighted by molar-refractivity contribution is -0.142. The number of hydrogen-bond donors (Lipinski definition) is 1. The molecule has 0 radical (unpaired) electrons. The SMILES string of the molecule is COC(=O)[C@@H](NP(=O)(c1ccccc1)c1ccccc1)c1ccccc1C. The molecule has 0 fully saturated rings. The summed E-state index contributed by atoms with van der Waals surface area (Å²) < 4.78 is 19.2. The first-order valence-electron chi connectivity index (χ1n) is 8.68. The van der Waals surface area contributed by atoms with Crippen LogP contribution in [0.15, 0.2) is 84.9 Å². The molecule has 138 valence electrons. The van der Waals surface area contributed by atoms with E-state index in [2.05, 4.69) is 5.09 Å². The van der Waals surface area contributed by atoms with Gasteiger partial charge in [0, 0.05) is 10.6 Å². The van der Waals surface area contributed by atoms with Gasteiger partial charge < -0.3 is 4.74 Å². The zero-order valence-corrected chi connectivity index (χ0v) is 16.2. The Morgan fingerprint density at radius 3 is 1.81 bits per heavy atom. The van der Waals surface area contributed by atoms with Crippen LogP contribution in [0.1, 0.15) is 17.2 Å². The van der Waals surface area contributed by atoms with Crippen LogP contribution in [0.5, 0.6) is 0 Å². The minimum atomic E-state index is -3.28. The average molecular weight is 379 g/mol. The molecule has 3 aromatic carbocycles. The Balaban J connectivity index is 2.13. The molecule has 0 saturated heterocycles. The average Bonchev–Trinajstić information content (AvgIpc) is 2.73. The minimum Gasteiger partial charge on any atom is -0.468 e. The third kappa shape index (κ3) is 4.02. The van der Waals surface area contributed by atoms with Gasteiger partial charge >= 0.3 is 5.97 Å². The highest BCUT2D eigenvalue weighted by Crippen LogP contribution is 2.42. The first kappa shape index (κ1) is 19.1. The number of benzene rings is 3. The van der Waals surface area contributed by atoms with Crippen molar-refractivity contribution in [2.45, 2.75) is 13.0 Å². The van der Waals surface area contributed by atoms with Crippen molar-refractivity contribution in [3.63, 3.8) is 0 Å². The zero-order chi connectivity index (χ0) is 19.3. The first-order chi connectivity index (χ1) is 13.1. The quantitative estimate of drug-likeness (QED) is 0.524. The molecule has 3 aromatic rings. The van der Waals surface area contributed by atoms with Gasteiger partial charge in [0.2, 0.25) is 7.29 Å². The number of esters is 1. The molecule has 0 bridgehead atoms. The summed E-state index contributed by atoms with van der Waals surface area (Å²) in [5.74, 6) is -0.476. The van der Waals surface area contributed by atoms with Gasteiger partial charge in [0.05, 0.1) is 7.11 Å². The van der Waals surface area contributed by atoms with Crippen molar-refractivity contribution in [3.8, 4) is 0 Å². The lowest BCUT2D eigenvalue weighted by Gasteiger charge is -2.26. The van der Waals surface area contributed by atoms with E-state index >= 15 is 0 Å². The van der Waals surface area contributed by atoms with E-state index in [0.717, 1.165) is 11.1 Å².